The topological polar surface area (TPSA) is 121 Å². The summed E-state index contributed by atoms with van der Waals surface area (Å²) in [5.74, 6) is 1.62. The van der Waals surface area contributed by atoms with Gasteiger partial charge in [-0.15, -0.1) is 0 Å². The molecule has 6 rings (SSSR count). The fourth-order valence-electron chi connectivity index (χ4n) is 6.77. The molecule has 48 heavy (non-hydrogen) atoms. The Hall–Kier alpha value is -3.35. The molecular formula is C34H45BrN9O3P. The number of benzene rings is 2. The first-order valence-corrected chi connectivity index (χ1v) is 19.7. The monoisotopic (exact) mass is 737 g/mol. The van der Waals surface area contributed by atoms with Gasteiger partial charge < -0.3 is 29.6 Å². The van der Waals surface area contributed by atoms with Crippen LogP contribution in [0.5, 0.6) is 5.75 Å². The van der Waals surface area contributed by atoms with Crippen molar-refractivity contribution in [2.75, 3.05) is 89.5 Å². The Morgan fingerprint density at radius 1 is 1.04 bits per heavy atom. The van der Waals surface area contributed by atoms with Crippen LogP contribution in [0.25, 0.3) is 11.0 Å². The van der Waals surface area contributed by atoms with E-state index in [0.717, 1.165) is 69.1 Å². The molecule has 0 saturated carbocycles. The van der Waals surface area contributed by atoms with Crippen LogP contribution >= 0.6 is 23.1 Å². The van der Waals surface area contributed by atoms with Crippen molar-refractivity contribution in [2.45, 2.75) is 31.8 Å². The first-order valence-electron chi connectivity index (χ1n) is 16.3. The van der Waals surface area contributed by atoms with Crippen LogP contribution in [0.2, 0.25) is 0 Å². The smallest absolute Gasteiger partial charge is 0.229 e. The van der Waals surface area contributed by atoms with E-state index in [1.807, 2.05) is 12.1 Å². The van der Waals surface area contributed by atoms with Crippen LogP contribution in [-0.4, -0.2) is 116 Å². The fourth-order valence-corrected chi connectivity index (χ4v) is 8.45. The highest BCUT2D eigenvalue weighted by molar-refractivity contribution is 9.10. The van der Waals surface area contributed by atoms with Gasteiger partial charge in [0, 0.05) is 89.3 Å². The lowest BCUT2D eigenvalue weighted by Gasteiger charge is -2.48. The summed E-state index contributed by atoms with van der Waals surface area (Å²) in [6.07, 6.45) is 7.19. The Labute approximate surface area is 291 Å². The Bertz CT molecular complexity index is 1810. The Balaban J connectivity index is 1.16. The summed E-state index contributed by atoms with van der Waals surface area (Å²) in [6.45, 7) is 11.9. The van der Waals surface area contributed by atoms with E-state index in [-0.39, 0.29) is 0 Å². The number of ether oxygens (including phenoxy) is 2. The van der Waals surface area contributed by atoms with Gasteiger partial charge in [-0.1, -0.05) is 0 Å². The zero-order valence-electron chi connectivity index (χ0n) is 28.5. The number of piperidine rings is 1. The SMILES string of the molecule is COCCN1CC(N2CCC(N(C)c3cc(OC)c(Nc4ncc(Br)c(Nc5ccc6nccnc6c5P(C)(C)=O)n4)cc3C)CC2)C1. The van der Waals surface area contributed by atoms with Gasteiger partial charge in [0.25, 0.3) is 0 Å². The average Bonchev–Trinajstić information content (AvgIpc) is 3.05. The van der Waals surface area contributed by atoms with E-state index in [9.17, 15) is 4.57 Å². The molecule has 2 aliphatic rings. The first kappa shape index (κ1) is 34.5. The quantitative estimate of drug-likeness (QED) is 0.180. The average molecular weight is 739 g/mol. The highest BCUT2D eigenvalue weighted by Crippen LogP contribution is 2.42. The second-order valence-electron chi connectivity index (χ2n) is 13.0. The molecule has 0 bridgehead atoms. The summed E-state index contributed by atoms with van der Waals surface area (Å²) in [7, 11) is 2.90. The second kappa shape index (κ2) is 14.6. The Morgan fingerprint density at radius 2 is 1.79 bits per heavy atom. The lowest BCUT2D eigenvalue weighted by Crippen LogP contribution is -2.62. The third-order valence-corrected chi connectivity index (χ3v) is 11.5. The summed E-state index contributed by atoms with van der Waals surface area (Å²) >= 11 is 3.58. The maximum atomic E-state index is 13.4. The number of rotatable bonds is 12. The van der Waals surface area contributed by atoms with Crippen LogP contribution < -0.4 is 25.6 Å². The predicted molar refractivity (Wildman–Crippen MR) is 198 cm³/mol. The molecule has 256 valence electrons. The molecule has 2 saturated heterocycles. The zero-order valence-corrected chi connectivity index (χ0v) is 31.0. The van der Waals surface area contributed by atoms with Crippen molar-refractivity contribution in [3.63, 3.8) is 0 Å². The van der Waals surface area contributed by atoms with Gasteiger partial charge in [-0.3, -0.25) is 19.8 Å². The number of methoxy groups -OCH3 is 2. The largest absolute Gasteiger partial charge is 0.494 e. The van der Waals surface area contributed by atoms with Crippen molar-refractivity contribution in [3.8, 4) is 5.75 Å². The number of aromatic nitrogens is 4. The highest BCUT2D eigenvalue weighted by Gasteiger charge is 2.34. The van der Waals surface area contributed by atoms with Gasteiger partial charge in [-0.2, -0.15) is 4.98 Å². The fraction of sp³-hybridized carbons (Fsp3) is 0.471. The Kier molecular flexibility index (Phi) is 10.5. The van der Waals surface area contributed by atoms with Gasteiger partial charge in [-0.25, -0.2) is 4.98 Å². The molecule has 0 spiro atoms. The van der Waals surface area contributed by atoms with Gasteiger partial charge in [-0.05, 0) is 72.8 Å². The lowest BCUT2D eigenvalue weighted by molar-refractivity contribution is 0.00769. The van der Waals surface area contributed by atoms with Crippen molar-refractivity contribution < 1.29 is 14.0 Å². The second-order valence-corrected chi connectivity index (χ2v) is 17.0. The number of hydrogen-bond donors (Lipinski definition) is 2. The minimum absolute atomic E-state index is 0.391. The highest BCUT2D eigenvalue weighted by atomic mass is 79.9. The molecule has 2 N–H and O–H groups in total. The van der Waals surface area contributed by atoms with E-state index in [1.54, 1.807) is 46.1 Å². The normalized spacial score (nSPS) is 16.6. The van der Waals surface area contributed by atoms with Gasteiger partial charge in [0.1, 0.15) is 24.2 Å². The maximum Gasteiger partial charge on any atom is 0.229 e. The summed E-state index contributed by atoms with van der Waals surface area (Å²) in [5, 5.41) is 7.36. The van der Waals surface area contributed by atoms with E-state index in [0.29, 0.717) is 56.1 Å². The van der Waals surface area contributed by atoms with Crippen molar-refractivity contribution in [2.24, 2.45) is 0 Å². The number of aryl methyl sites for hydroxylation is 1. The van der Waals surface area contributed by atoms with Gasteiger partial charge in [0.2, 0.25) is 5.95 Å². The molecule has 0 unspecified atom stereocenters. The van der Waals surface area contributed by atoms with Gasteiger partial charge in [0.15, 0.2) is 0 Å². The molecular weight excluding hydrogens is 693 g/mol. The van der Waals surface area contributed by atoms with Crippen LogP contribution in [0.4, 0.5) is 28.8 Å². The molecule has 2 fully saturated rings. The Morgan fingerprint density at radius 3 is 2.50 bits per heavy atom. The van der Waals surface area contributed by atoms with E-state index >= 15 is 0 Å². The standard InChI is InChI=1S/C34H45BrN9O3P/c1-22-17-28(30(47-4)18-29(22)42(2)23-9-13-44(14-10-23)24-20-43(21-24)15-16-46-3)40-34-38-19-25(35)33(41-34)39-27-8-7-26-31(37-12-11-36-26)32(27)48(5,6)45/h7-8,11-12,17-19,23-24H,9-10,13-16,20-21H2,1-6H3,(H2,38,39,40,41). The number of hydrogen-bond acceptors (Lipinski definition) is 12. The van der Waals surface area contributed by atoms with Crippen molar-refractivity contribution in [3.05, 3.63) is 52.9 Å². The van der Waals surface area contributed by atoms with E-state index in [4.69, 9.17) is 14.5 Å². The van der Waals surface area contributed by atoms with Gasteiger partial charge >= 0.3 is 0 Å². The first-order chi connectivity index (χ1) is 23.0. The molecule has 4 heterocycles. The van der Waals surface area contributed by atoms with Crippen molar-refractivity contribution >= 4 is 68.2 Å². The van der Waals surface area contributed by atoms with Crippen LogP contribution in [0, 0.1) is 6.92 Å². The molecule has 0 amide bonds. The molecule has 4 aromatic rings. The minimum Gasteiger partial charge on any atom is -0.494 e. The summed E-state index contributed by atoms with van der Waals surface area (Å²) < 4.78 is 25.2. The van der Waals surface area contributed by atoms with E-state index in [1.165, 1.54) is 0 Å². The molecule has 2 aliphatic heterocycles. The lowest BCUT2D eigenvalue weighted by atomic mass is 9.98. The van der Waals surface area contributed by atoms with Crippen molar-refractivity contribution in [1.82, 2.24) is 29.7 Å². The molecule has 2 aromatic carbocycles. The number of likely N-dealkylation sites (tertiary alicyclic amines) is 2. The third kappa shape index (κ3) is 7.45. The number of halogens is 1. The maximum absolute atomic E-state index is 13.4. The van der Waals surface area contributed by atoms with Gasteiger partial charge in [0.05, 0.1) is 40.4 Å². The van der Waals surface area contributed by atoms with Crippen molar-refractivity contribution in [1.29, 1.82) is 0 Å². The molecule has 2 aromatic heterocycles. The number of nitrogens with zero attached hydrogens (tertiary/aromatic N) is 7. The van der Waals surface area contributed by atoms with Crippen LogP contribution in [0.3, 0.4) is 0 Å². The molecule has 0 radical (unpaired) electrons. The summed E-state index contributed by atoms with van der Waals surface area (Å²) in [5.41, 5.74) is 5.01. The van der Waals surface area contributed by atoms with E-state index in [2.05, 4.69) is 82.3 Å². The van der Waals surface area contributed by atoms with Crippen LogP contribution in [0.1, 0.15) is 18.4 Å². The summed E-state index contributed by atoms with van der Waals surface area (Å²) in [6, 6.07) is 9.05. The number of anilines is 5. The molecule has 12 nitrogen and oxygen atoms in total. The van der Waals surface area contributed by atoms with E-state index < -0.39 is 7.14 Å². The predicted octanol–water partition coefficient (Wildman–Crippen LogP) is 5.47. The van der Waals surface area contributed by atoms with Crippen LogP contribution in [-0.2, 0) is 9.30 Å². The van der Waals surface area contributed by atoms with Crippen LogP contribution in [0.15, 0.2) is 47.3 Å². The number of nitrogens with one attached hydrogen (secondary N) is 2. The molecule has 14 heteroatoms. The third-order valence-electron chi connectivity index (χ3n) is 9.41. The molecule has 0 atom stereocenters. The zero-order chi connectivity index (χ0) is 34.0. The summed E-state index contributed by atoms with van der Waals surface area (Å²) in [4.78, 5) is 25.7. The number of fused-ring (bicyclic) bond motifs is 1. The minimum atomic E-state index is -2.74. The molecule has 0 aliphatic carbocycles.